The van der Waals surface area contributed by atoms with Crippen LogP contribution in [0.3, 0.4) is 0 Å². The van der Waals surface area contributed by atoms with E-state index in [-0.39, 0.29) is 12.5 Å². The fraction of sp³-hybridized carbons (Fsp3) is 0.154. The fourth-order valence-electron chi connectivity index (χ4n) is 1.50. The molecule has 6 heteroatoms. The number of hydrogen-bond acceptors (Lipinski definition) is 4. The number of aromatic nitrogens is 2. The van der Waals surface area contributed by atoms with Gasteiger partial charge in [-0.15, -0.1) is 0 Å². The monoisotopic (exact) mass is 256 g/mol. The van der Waals surface area contributed by atoms with Crippen LogP contribution in [0, 0.1) is 11.3 Å². The summed E-state index contributed by atoms with van der Waals surface area (Å²) in [5, 5.41) is 15.5. The van der Waals surface area contributed by atoms with Crippen LogP contribution in [0.2, 0.25) is 0 Å². The number of aryl methyl sites for hydroxylation is 1. The zero-order valence-corrected chi connectivity index (χ0v) is 10.3. The molecule has 0 fully saturated rings. The summed E-state index contributed by atoms with van der Waals surface area (Å²) in [6.45, 7) is -0.163. The number of para-hydroxylation sites is 1. The van der Waals surface area contributed by atoms with Crippen LogP contribution in [0.15, 0.2) is 36.5 Å². The number of nitriles is 1. The van der Waals surface area contributed by atoms with Gasteiger partial charge >= 0.3 is 0 Å². The van der Waals surface area contributed by atoms with Gasteiger partial charge in [-0.3, -0.25) is 9.48 Å². The van der Waals surface area contributed by atoms with E-state index in [1.165, 1.54) is 0 Å². The van der Waals surface area contributed by atoms with Crippen molar-refractivity contribution >= 4 is 11.7 Å². The van der Waals surface area contributed by atoms with Crippen molar-refractivity contribution in [1.29, 1.82) is 5.26 Å². The first-order valence-electron chi connectivity index (χ1n) is 5.60. The van der Waals surface area contributed by atoms with E-state index in [4.69, 9.17) is 10.00 Å². The Morgan fingerprint density at radius 1 is 1.47 bits per heavy atom. The fourth-order valence-corrected chi connectivity index (χ4v) is 1.50. The van der Waals surface area contributed by atoms with Crippen LogP contribution in [0.5, 0.6) is 5.75 Å². The standard InChI is InChI=1S/C13H12N4O2/c1-17-12(6-7-15-17)16-13(18)9-19-11-5-3-2-4-10(11)8-14/h2-7H,9H2,1H3,(H,16,18). The van der Waals surface area contributed by atoms with Gasteiger partial charge in [-0.1, -0.05) is 12.1 Å². The Morgan fingerprint density at radius 2 is 2.26 bits per heavy atom. The third kappa shape index (κ3) is 3.10. The van der Waals surface area contributed by atoms with Crippen LogP contribution in [-0.2, 0) is 11.8 Å². The van der Waals surface area contributed by atoms with Crippen LogP contribution < -0.4 is 10.1 Å². The molecule has 2 aromatic rings. The first-order chi connectivity index (χ1) is 9.20. The van der Waals surface area contributed by atoms with Crippen molar-refractivity contribution in [3.8, 4) is 11.8 Å². The molecule has 0 radical (unpaired) electrons. The number of nitrogens with zero attached hydrogens (tertiary/aromatic N) is 3. The van der Waals surface area contributed by atoms with Crippen LogP contribution in [0.1, 0.15) is 5.56 Å². The van der Waals surface area contributed by atoms with Gasteiger partial charge in [0.2, 0.25) is 0 Å². The maximum Gasteiger partial charge on any atom is 0.263 e. The molecule has 1 aromatic heterocycles. The van der Waals surface area contributed by atoms with Crippen molar-refractivity contribution < 1.29 is 9.53 Å². The molecule has 0 aliphatic carbocycles. The Hall–Kier alpha value is -2.81. The molecule has 2 rings (SSSR count). The predicted molar refractivity (Wildman–Crippen MR) is 68.5 cm³/mol. The van der Waals surface area contributed by atoms with E-state index >= 15 is 0 Å². The summed E-state index contributed by atoms with van der Waals surface area (Å²) in [5.41, 5.74) is 0.399. The van der Waals surface area contributed by atoms with E-state index in [9.17, 15) is 4.79 Å². The first kappa shape index (κ1) is 12.6. The van der Waals surface area contributed by atoms with Gasteiger partial charge in [0.25, 0.3) is 5.91 Å². The molecule has 0 aliphatic rings. The molecule has 1 N–H and O–H groups in total. The molecule has 0 atom stereocenters. The Labute approximate surface area is 110 Å². The van der Waals surface area contributed by atoms with Gasteiger partial charge in [0, 0.05) is 13.1 Å². The van der Waals surface area contributed by atoms with E-state index < -0.39 is 0 Å². The summed E-state index contributed by atoms with van der Waals surface area (Å²) in [6.07, 6.45) is 1.58. The third-order valence-corrected chi connectivity index (χ3v) is 2.45. The molecule has 1 amide bonds. The first-order valence-corrected chi connectivity index (χ1v) is 5.60. The molecule has 0 saturated carbocycles. The van der Waals surface area contributed by atoms with Crippen molar-refractivity contribution in [2.24, 2.45) is 7.05 Å². The van der Waals surface area contributed by atoms with Gasteiger partial charge in [0.1, 0.15) is 17.6 Å². The van der Waals surface area contributed by atoms with E-state index in [1.807, 2.05) is 6.07 Å². The van der Waals surface area contributed by atoms with Crippen molar-refractivity contribution in [2.75, 3.05) is 11.9 Å². The molecule has 0 spiro atoms. The minimum atomic E-state index is -0.309. The van der Waals surface area contributed by atoms with E-state index in [1.54, 1.807) is 48.3 Å². The second-order valence-corrected chi connectivity index (χ2v) is 3.78. The molecular weight excluding hydrogens is 244 g/mol. The molecule has 0 unspecified atom stereocenters. The number of ether oxygens (including phenoxy) is 1. The number of anilines is 1. The summed E-state index contributed by atoms with van der Waals surface area (Å²) in [7, 11) is 1.72. The van der Waals surface area contributed by atoms with Crippen molar-refractivity contribution in [3.63, 3.8) is 0 Å². The average molecular weight is 256 g/mol. The highest BCUT2D eigenvalue weighted by molar-refractivity contribution is 5.91. The lowest BCUT2D eigenvalue weighted by atomic mass is 10.2. The second kappa shape index (κ2) is 5.69. The molecule has 19 heavy (non-hydrogen) atoms. The normalized spacial score (nSPS) is 9.68. The summed E-state index contributed by atoms with van der Waals surface area (Å²) < 4.78 is 6.86. The van der Waals surface area contributed by atoms with Gasteiger partial charge in [-0.25, -0.2) is 0 Å². The van der Waals surface area contributed by atoms with Crippen molar-refractivity contribution in [1.82, 2.24) is 9.78 Å². The van der Waals surface area contributed by atoms with Crippen LogP contribution in [0.25, 0.3) is 0 Å². The van der Waals surface area contributed by atoms with Gasteiger partial charge < -0.3 is 10.1 Å². The quantitative estimate of drug-likeness (QED) is 0.894. The van der Waals surface area contributed by atoms with Crippen LogP contribution >= 0.6 is 0 Å². The number of rotatable bonds is 4. The molecule has 1 heterocycles. The van der Waals surface area contributed by atoms with Crippen molar-refractivity contribution in [2.45, 2.75) is 0 Å². The molecule has 0 bridgehead atoms. The maximum absolute atomic E-state index is 11.7. The Balaban J connectivity index is 1.94. The number of hydrogen-bond donors (Lipinski definition) is 1. The summed E-state index contributed by atoms with van der Waals surface area (Å²) >= 11 is 0. The number of carbonyl (C=O) groups is 1. The second-order valence-electron chi connectivity index (χ2n) is 3.78. The zero-order chi connectivity index (χ0) is 13.7. The molecular formula is C13H12N4O2. The van der Waals surface area contributed by atoms with Gasteiger partial charge in [0.15, 0.2) is 6.61 Å². The maximum atomic E-state index is 11.7. The van der Waals surface area contributed by atoms with Crippen molar-refractivity contribution in [3.05, 3.63) is 42.1 Å². The highest BCUT2D eigenvalue weighted by Gasteiger charge is 2.08. The van der Waals surface area contributed by atoms with E-state index in [0.717, 1.165) is 0 Å². The molecule has 0 saturated heterocycles. The molecule has 96 valence electrons. The highest BCUT2D eigenvalue weighted by atomic mass is 16.5. The minimum absolute atomic E-state index is 0.163. The van der Waals surface area contributed by atoms with Crippen LogP contribution in [0.4, 0.5) is 5.82 Å². The lowest BCUT2D eigenvalue weighted by Gasteiger charge is -2.08. The minimum Gasteiger partial charge on any atom is -0.482 e. The Bertz CT molecular complexity index is 628. The van der Waals surface area contributed by atoms with E-state index in [0.29, 0.717) is 17.1 Å². The van der Waals surface area contributed by atoms with Gasteiger partial charge in [-0.2, -0.15) is 10.4 Å². The van der Waals surface area contributed by atoms with E-state index in [2.05, 4.69) is 10.4 Å². The lowest BCUT2D eigenvalue weighted by Crippen LogP contribution is -2.21. The summed E-state index contributed by atoms with van der Waals surface area (Å²) in [4.78, 5) is 11.7. The van der Waals surface area contributed by atoms with Gasteiger partial charge in [0.05, 0.1) is 11.8 Å². The third-order valence-electron chi connectivity index (χ3n) is 2.45. The summed E-state index contributed by atoms with van der Waals surface area (Å²) in [6, 6.07) is 10.4. The molecule has 0 aliphatic heterocycles. The summed E-state index contributed by atoms with van der Waals surface area (Å²) in [5.74, 6) is 0.670. The smallest absolute Gasteiger partial charge is 0.263 e. The van der Waals surface area contributed by atoms with Gasteiger partial charge in [-0.05, 0) is 12.1 Å². The largest absolute Gasteiger partial charge is 0.482 e. The van der Waals surface area contributed by atoms with Crippen LogP contribution in [-0.4, -0.2) is 22.3 Å². The predicted octanol–water partition coefficient (Wildman–Crippen LogP) is 1.31. The average Bonchev–Trinajstić information content (AvgIpc) is 2.82. The number of benzene rings is 1. The SMILES string of the molecule is Cn1nccc1NC(=O)COc1ccccc1C#N. The lowest BCUT2D eigenvalue weighted by molar-refractivity contribution is -0.118. The highest BCUT2D eigenvalue weighted by Crippen LogP contribution is 2.16. The molecule has 1 aromatic carbocycles. The number of amides is 1. The topological polar surface area (TPSA) is 79.9 Å². The molecule has 6 nitrogen and oxygen atoms in total. The number of nitrogens with one attached hydrogen (secondary N) is 1. The Kier molecular flexibility index (Phi) is 3.78. The Morgan fingerprint density at radius 3 is 2.95 bits per heavy atom. The number of carbonyl (C=O) groups excluding carboxylic acids is 1. The zero-order valence-electron chi connectivity index (χ0n) is 10.3.